The number of aliphatic carboxylic acids is 1. The second-order valence-corrected chi connectivity index (χ2v) is 3.50. The minimum absolute atomic E-state index is 0.0863. The zero-order valence-corrected chi connectivity index (χ0v) is 8.99. The molecule has 0 radical (unpaired) electrons. The molecule has 5 nitrogen and oxygen atoms in total. The van der Waals surface area contributed by atoms with Gasteiger partial charge in [-0.2, -0.15) is 0 Å². The number of carboxylic acid groups (broad SMARTS) is 1. The van der Waals surface area contributed by atoms with Gasteiger partial charge in [-0.15, -0.1) is 0 Å². The summed E-state index contributed by atoms with van der Waals surface area (Å²) in [6, 6.07) is 5.09. The number of rotatable bonds is 5. The van der Waals surface area contributed by atoms with Gasteiger partial charge in [0, 0.05) is 12.1 Å². The van der Waals surface area contributed by atoms with E-state index in [4.69, 9.17) is 10.8 Å². The van der Waals surface area contributed by atoms with Crippen LogP contribution in [0.15, 0.2) is 18.2 Å². The first kappa shape index (κ1) is 12.2. The molecule has 1 amide bonds. The molecule has 5 heteroatoms. The van der Waals surface area contributed by atoms with Crippen molar-refractivity contribution in [2.45, 2.75) is 13.5 Å². The molecule has 4 N–H and O–H groups in total. The first-order valence-electron chi connectivity index (χ1n) is 4.82. The van der Waals surface area contributed by atoms with Crippen LogP contribution in [0.4, 0.5) is 0 Å². The fraction of sp³-hybridized carbons (Fsp3) is 0.273. The standard InChI is InChI=1S/C11H14N2O3/c1-7-4-8(11(12)16)2-3-9(7)5-13-6-10(14)15/h2-4,13H,5-6H2,1H3,(H2,12,16)(H,14,15). The molecule has 0 atom stereocenters. The van der Waals surface area contributed by atoms with Crippen molar-refractivity contribution in [2.24, 2.45) is 5.73 Å². The lowest BCUT2D eigenvalue weighted by Crippen LogP contribution is -2.22. The molecule has 0 aliphatic carbocycles. The zero-order valence-electron chi connectivity index (χ0n) is 8.99. The third-order valence-electron chi connectivity index (χ3n) is 2.22. The number of nitrogens with two attached hydrogens (primary N) is 1. The molecule has 0 bridgehead atoms. The Bertz CT molecular complexity index is 416. The van der Waals surface area contributed by atoms with E-state index in [1.807, 2.05) is 6.92 Å². The highest BCUT2D eigenvalue weighted by Crippen LogP contribution is 2.10. The average Bonchev–Trinajstić information content (AvgIpc) is 2.19. The molecule has 0 unspecified atom stereocenters. The van der Waals surface area contributed by atoms with Crippen LogP contribution in [0.5, 0.6) is 0 Å². The van der Waals surface area contributed by atoms with E-state index in [0.717, 1.165) is 11.1 Å². The molecule has 0 fully saturated rings. The molecule has 1 rings (SSSR count). The van der Waals surface area contributed by atoms with Crippen molar-refractivity contribution in [2.75, 3.05) is 6.54 Å². The van der Waals surface area contributed by atoms with Crippen molar-refractivity contribution in [1.82, 2.24) is 5.32 Å². The van der Waals surface area contributed by atoms with Gasteiger partial charge >= 0.3 is 5.97 Å². The van der Waals surface area contributed by atoms with E-state index < -0.39 is 11.9 Å². The number of benzene rings is 1. The minimum Gasteiger partial charge on any atom is -0.480 e. The summed E-state index contributed by atoms with van der Waals surface area (Å²) in [4.78, 5) is 21.2. The second-order valence-electron chi connectivity index (χ2n) is 3.50. The number of primary amides is 1. The van der Waals surface area contributed by atoms with Crippen molar-refractivity contribution < 1.29 is 14.7 Å². The molecule has 86 valence electrons. The SMILES string of the molecule is Cc1cc(C(N)=O)ccc1CNCC(=O)O. The summed E-state index contributed by atoms with van der Waals surface area (Å²) in [7, 11) is 0. The molecular weight excluding hydrogens is 208 g/mol. The van der Waals surface area contributed by atoms with Crippen molar-refractivity contribution in [1.29, 1.82) is 0 Å². The average molecular weight is 222 g/mol. The van der Waals surface area contributed by atoms with Crippen LogP contribution in [0, 0.1) is 6.92 Å². The third-order valence-corrected chi connectivity index (χ3v) is 2.22. The van der Waals surface area contributed by atoms with Crippen molar-refractivity contribution in [3.8, 4) is 0 Å². The molecule has 1 aromatic rings. The van der Waals surface area contributed by atoms with Crippen LogP contribution in [-0.4, -0.2) is 23.5 Å². The Morgan fingerprint density at radius 2 is 2.12 bits per heavy atom. The van der Waals surface area contributed by atoms with Crippen LogP contribution in [-0.2, 0) is 11.3 Å². The van der Waals surface area contributed by atoms with Crippen LogP contribution in [0.25, 0.3) is 0 Å². The minimum atomic E-state index is -0.897. The van der Waals surface area contributed by atoms with E-state index in [-0.39, 0.29) is 6.54 Å². The Balaban J connectivity index is 2.68. The molecular formula is C11H14N2O3. The van der Waals surface area contributed by atoms with Crippen LogP contribution in [0.1, 0.15) is 21.5 Å². The Morgan fingerprint density at radius 1 is 1.44 bits per heavy atom. The molecule has 0 aromatic heterocycles. The monoisotopic (exact) mass is 222 g/mol. The lowest BCUT2D eigenvalue weighted by molar-refractivity contribution is -0.136. The predicted octanol–water partition coefficient (Wildman–Crippen LogP) is 0.268. The van der Waals surface area contributed by atoms with Crippen molar-refractivity contribution in [3.05, 3.63) is 34.9 Å². The van der Waals surface area contributed by atoms with Gasteiger partial charge in [0.05, 0.1) is 6.54 Å². The molecule has 0 heterocycles. The van der Waals surface area contributed by atoms with Gasteiger partial charge in [0.15, 0.2) is 0 Å². The molecule has 1 aromatic carbocycles. The van der Waals surface area contributed by atoms with Crippen molar-refractivity contribution in [3.63, 3.8) is 0 Å². The van der Waals surface area contributed by atoms with Crippen LogP contribution in [0.3, 0.4) is 0 Å². The van der Waals surface area contributed by atoms with Gasteiger partial charge in [0.25, 0.3) is 0 Å². The summed E-state index contributed by atoms with van der Waals surface area (Å²) in [6.45, 7) is 2.22. The van der Waals surface area contributed by atoms with E-state index in [9.17, 15) is 9.59 Å². The predicted molar refractivity (Wildman–Crippen MR) is 59.0 cm³/mol. The van der Waals surface area contributed by atoms with Crippen LogP contribution in [0.2, 0.25) is 0 Å². The maximum atomic E-state index is 10.9. The Hall–Kier alpha value is -1.88. The largest absolute Gasteiger partial charge is 0.480 e. The summed E-state index contributed by atoms with van der Waals surface area (Å²) in [5.41, 5.74) is 7.46. The number of carbonyl (C=O) groups is 2. The number of hydrogen-bond acceptors (Lipinski definition) is 3. The van der Waals surface area contributed by atoms with Crippen LogP contribution < -0.4 is 11.1 Å². The maximum Gasteiger partial charge on any atom is 0.317 e. The summed E-state index contributed by atoms with van der Waals surface area (Å²) >= 11 is 0. The van der Waals surface area contributed by atoms with Gasteiger partial charge in [-0.3, -0.25) is 9.59 Å². The van der Waals surface area contributed by atoms with E-state index in [1.54, 1.807) is 18.2 Å². The van der Waals surface area contributed by atoms with E-state index in [0.29, 0.717) is 12.1 Å². The Kier molecular flexibility index (Phi) is 4.02. The summed E-state index contributed by atoms with van der Waals surface area (Å²) < 4.78 is 0. The second kappa shape index (κ2) is 5.27. The van der Waals surface area contributed by atoms with E-state index in [2.05, 4.69) is 5.32 Å². The first-order valence-corrected chi connectivity index (χ1v) is 4.82. The number of nitrogens with one attached hydrogen (secondary N) is 1. The van der Waals surface area contributed by atoms with Gasteiger partial charge in [-0.1, -0.05) is 6.07 Å². The zero-order chi connectivity index (χ0) is 12.1. The molecule has 0 spiro atoms. The smallest absolute Gasteiger partial charge is 0.317 e. The third kappa shape index (κ3) is 3.36. The first-order chi connectivity index (χ1) is 7.50. The summed E-state index contributed by atoms with van der Waals surface area (Å²) in [5, 5.41) is 11.2. The highest BCUT2D eigenvalue weighted by molar-refractivity contribution is 5.93. The van der Waals surface area contributed by atoms with E-state index >= 15 is 0 Å². The fourth-order valence-corrected chi connectivity index (χ4v) is 1.35. The highest BCUT2D eigenvalue weighted by atomic mass is 16.4. The number of carbonyl (C=O) groups excluding carboxylic acids is 1. The molecule has 0 aliphatic heterocycles. The number of carboxylic acids is 1. The molecule has 16 heavy (non-hydrogen) atoms. The van der Waals surface area contributed by atoms with Gasteiger partial charge < -0.3 is 16.2 Å². The van der Waals surface area contributed by atoms with Gasteiger partial charge in [0.2, 0.25) is 5.91 Å². The Morgan fingerprint density at radius 3 is 2.62 bits per heavy atom. The van der Waals surface area contributed by atoms with E-state index in [1.165, 1.54) is 0 Å². The molecule has 0 saturated carbocycles. The number of aryl methyl sites for hydroxylation is 1. The van der Waals surface area contributed by atoms with Gasteiger partial charge in [0.1, 0.15) is 0 Å². The summed E-state index contributed by atoms with van der Waals surface area (Å²) in [5.74, 6) is -1.36. The number of amides is 1. The lowest BCUT2D eigenvalue weighted by atomic mass is 10.0. The molecule has 0 saturated heterocycles. The normalized spacial score (nSPS) is 10.1. The van der Waals surface area contributed by atoms with Crippen molar-refractivity contribution >= 4 is 11.9 Å². The van der Waals surface area contributed by atoms with Gasteiger partial charge in [-0.25, -0.2) is 0 Å². The molecule has 0 aliphatic rings. The Labute approximate surface area is 93.3 Å². The lowest BCUT2D eigenvalue weighted by Gasteiger charge is -2.07. The maximum absolute atomic E-state index is 10.9. The van der Waals surface area contributed by atoms with Gasteiger partial charge in [-0.05, 0) is 30.2 Å². The topological polar surface area (TPSA) is 92.4 Å². The van der Waals surface area contributed by atoms with Crippen LogP contribution >= 0.6 is 0 Å². The fourth-order valence-electron chi connectivity index (χ4n) is 1.35. The highest BCUT2D eigenvalue weighted by Gasteiger charge is 2.04. The quantitative estimate of drug-likeness (QED) is 0.666. The summed E-state index contributed by atoms with van der Waals surface area (Å²) in [6.07, 6.45) is 0. The number of hydrogen-bond donors (Lipinski definition) is 3.